The molecule has 0 aliphatic rings. The quantitative estimate of drug-likeness (QED) is 0.925. The lowest BCUT2D eigenvalue weighted by molar-refractivity contribution is 0.0694. The summed E-state index contributed by atoms with van der Waals surface area (Å²) in [5, 5.41) is 10.9. The van der Waals surface area contributed by atoms with Crippen LogP contribution in [0.4, 0.5) is 8.78 Å². The highest BCUT2D eigenvalue weighted by atomic mass is 19.1. The summed E-state index contributed by atoms with van der Waals surface area (Å²) in [7, 11) is 1.42. The van der Waals surface area contributed by atoms with Gasteiger partial charge < -0.3 is 9.84 Å². The largest absolute Gasteiger partial charge is 0.496 e. The molecule has 0 saturated heterocycles. The summed E-state index contributed by atoms with van der Waals surface area (Å²) in [6.07, 6.45) is 0.188. The Labute approximate surface area is 116 Å². The van der Waals surface area contributed by atoms with Crippen molar-refractivity contribution in [1.29, 1.82) is 0 Å². The molecule has 4 heteroatoms. The third-order valence-corrected chi connectivity index (χ3v) is 3.44. The van der Waals surface area contributed by atoms with Gasteiger partial charge in [0.25, 0.3) is 0 Å². The molecular weight excluding hydrogens is 262 g/mol. The Morgan fingerprint density at radius 3 is 2.40 bits per heavy atom. The monoisotopic (exact) mass is 278 g/mol. The van der Waals surface area contributed by atoms with Gasteiger partial charge in [-0.2, -0.15) is 0 Å². The van der Waals surface area contributed by atoms with Gasteiger partial charge in [-0.25, -0.2) is 8.78 Å². The molecule has 2 aromatic rings. The molecule has 0 fully saturated rings. The van der Waals surface area contributed by atoms with Gasteiger partial charge in [0.15, 0.2) is 0 Å². The van der Waals surface area contributed by atoms with E-state index >= 15 is 0 Å². The van der Waals surface area contributed by atoms with E-state index < -0.39 is 17.2 Å². The summed E-state index contributed by atoms with van der Waals surface area (Å²) >= 11 is 0. The number of methoxy groups -OCH3 is 1. The van der Waals surface area contributed by atoms with E-state index in [4.69, 9.17) is 4.74 Å². The smallest absolute Gasteiger partial charge is 0.129 e. The van der Waals surface area contributed by atoms with Gasteiger partial charge in [0, 0.05) is 11.1 Å². The first-order chi connectivity index (χ1) is 9.52. The Balaban J connectivity index is 2.68. The number of aliphatic hydroxyl groups is 1. The summed E-state index contributed by atoms with van der Waals surface area (Å²) in [5.41, 5.74) is -1.32. The van der Waals surface area contributed by atoms with E-state index in [2.05, 4.69) is 0 Å². The van der Waals surface area contributed by atoms with E-state index in [-0.39, 0.29) is 17.5 Å². The van der Waals surface area contributed by atoms with E-state index in [1.54, 1.807) is 13.0 Å². The van der Waals surface area contributed by atoms with Crippen LogP contribution >= 0.6 is 0 Å². The van der Waals surface area contributed by atoms with Crippen LogP contribution in [0.15, 0.2) is 42.5 Å². The Kier molecular flexibility index (Phi) is 4.04. The maximum Gasteiger partial charge on any atom is 0.129 e. The van der Waals surface area contributed by atoms with Crippen molar-refractivity contribution in [3.8, 4) is 5.75 Å². The molecule has 1 unspecified atom stereocenters. The molecule has 0 radical (unpaired) electrons. The second-order valence-corrected chi connectivity index (χ2v) is 4.54. The lowest BCUT2D eigenvalue weighted by Gasteiger charge is -2.29. The highest BCUT2D eigenvalue weighted by Crippen LogP contribution is 2.39. The third-order valence-electron chi connectivity index (χ3n) is 3.44. The van der Waals surface area contributed by atoms with Crippen LogP contribution < -0.4 is 4.74 Å². The minimum Gasteiger partial charge on any atom is -0.496 e. The molecule has 0 bridgehead atoms. The topological polar surface area (TPSA) is 29.5 Å². The molecule has 0 aliphatic heterocycles. The van der Waals surface area contributed by atoms with Crippen LogP contribution in [0, 0.1) is 11.6 Å². The van der Waals surface area contributed by atoms with Crippen molar-refractivity contribution >= 4 is 0 Å². The van der Waals surface area contributed by atoms with E-state index in [1.807, 2.05) is 0 Å². The van der Waals surface area contributed by atoms with Crippen molar-refractivity contribution in [1.82, 2.24) is 0 Å². The van der Waals surface area contributed by atoms with Crippen molar-refractivity contribution in [2.45, 2.75) is 18.9 Å². The molecule has 0 aromatic heterocycles. The number of benzene rings is 2. The first kappa shape index (κ1) is 14.5. The molecule has 1 N–H and O–H groups in total. The van der Waals surface area contributed by atoms with E-state index in [0.29, 0.717) is 5.75 Å². The van der Waals surface area contributed by atoms with Gasteiger partial charge in [-0.05, 0) is 30.7 Å². The van der Waals surface area contributed by atoms with E-state index in [0.717, 1.165) is 0 Å². The molecule has 0 spiro atoms. The van der Waals surface area contributed by atoms with Crippen LogP contribution in [0.25, 0.3) is 0 Å². The zero-order valence-corrected chi connectivity index (χ0v) is 11.4. The van der Waals surface area contributed by atoms with Crippen molar-refractivity contribution in [3.05, 3.63) is 65.2 Å². The van der Waals surface area contributed by atoms with Gasteiger partial charge in [-0.15, -0.1) is 0 Å². The molecule has 1 atom stereocenters. The van der Waals surface area contributed by atoms with Crippen LogP contribution in [-0.2, 0) is 5.60 Å². The number of halogens is 2. The summed E-state index contributed by atoms with van der Waals surface area (Å²) < 4.78 is 32.7. The maximum atomic E-state index is 14.0. The van der Waals surface area contributed by atoms with Crippen LogP contribution in [-0.4, -0.2) is 12.2 Å². The normalized spacial score (nSPS) is 13.8. The first-order valence-electron chi connectivity index (χ1n) is 6.34. The van der Waals surface area contributed by atoms with Crippen LogP contribution in [0.5, 0.6) is 5.75 Å². The van der Waals surface area contributed by atoms with Crippen LogP contribution in [0.3, 0.4) is 0 Å². The van der Waals surface area contributed by atoms with Gasteiger partial charge in [0.1, 0.15) is 23.0 Å². The minimum atomic E-state index is -1.64. The van der Waals surface area contributed by atoms with Gasteiger partial charge in [-0.1, -0.05) is 25.1 Å². The Morgan fingerprint density at radius 1 is 1.10 bits per heavy atom. The predicted octanol–water partition coefficient (Wildman–Crippen LogP) is 3.62. The van der Waals surface area contributed by atoms with Gasteiger partial charge in [0.2, 0.25) is 0 Å². The van der Waals surface area contributed by atoms with Gasteiger partial charge >= 0.3 is 0 Å². The van der Waals surface area contributed by atoms with Crippen molar-refractivity contribution in [2.24, 2.45) is 0 Å². The molecule has 2 aromatic carbocycles. The van der Waals surface area contributed by atoms with Crippen LogP contribution in [0.1, 0.15) is 24.5 Å². The maximum absolute atomic E-state index is 14.0. The second-order valence-electron chi connectivity index (χ2n) is 4.54. The minimum absolute atomic E-state index is 0.103. The average molecular weight is 278 g/mol. The lowest BCUT2D eigenvalue weighted by Crippen LogP contribution is -2.28. The Hall–Kier alpha value is -1.94. The van der Waals surface area contributed by atoms with Gasteiger partial charge in [-0.3, -0.25) is 0 Å². The zero-order chi connectivity index (χ0) is 14.8. The summed E-state index contributed by atoms with van der Waals surface area (Å²) in [6, 6.07) is 9.76. The fourth-order valence-corrected chi connectivity index (χ4v) is 2.33. The fourth-order valence-electron chi connectivity index (χ4n) is 2.33. The molecule has 106 valence electrons. The molecule has 0 saturated carbocycles. The highest BCUT2D eigenvalue weighted by molar-refractivity contribution is 5.45. The Bertz CT molecular complexity index is 613. The number of hydrogen-bond donors (Lipinski definition) is 1. The SMILES string of the molecule is CCC(O)(c1ccccc1F)c1cc(F)ccc1OC. The summed E-state index contributed by atoms with van der Waals surface area (Å²) in [5.74, 6) is -0.730. The molecular formula is C16H16F2O2. The molecule has 0 amide bonds. The van der Waals surface area contributed by atoms with E-state index in [1.165, 1.54) is 43.5 Å². The van der Waals surface area contributed by atoms with Crippen molar-refractivity contribution in [3.63, 3.8) is 0 Å². The molecule has 20 heavy (non-hydrogen) atoms. The van der Waals surface area contributed by atoms with Crippen molar-refractivity contribution < 1.29 is 18.6 Å². The number of rotatable bonds is 4. The highest BCUT2D eigenvalue weighted by Gasteiger charge is 2.35. The summed E-state index contributed by atoms with van der Waals surface area (Å²) in [6.45, 7) is 1.71. The summed E-state index contributed by atoms with van der Waals surface area (Å²) in [4.78, 5) is 0. The average Bonchev–Trinajstić information content (AvgIpc) is 2.47. The molecule has 2 rings (SSSR count). The predicted molar refractivity (Wildman–Crippen MR) is 72.6 cm³/mol. The lowest BCUT2D eigenvalue weighted by atomic mass is 9.83. The number of hydrogen-bond acceptors (Lipinski definition) is 2. The first-order valence-corrected chi connectivity index (χ1v) is 6.34. The van der Waals surface area contributed by atoms with Gasteiger partial charge in [0.05, 0.1) is 7.11 Å². The fraction of sp³-hybridized carbons (Fsp3) is 0.250. The Morgan fingerprint density at radius 2 is 1.80 bits per heavy atom. The zero-order valence-electron chi connectivity index (χ0n) is 11.4. The third kappa shape index (κ3) is 2.39. The second kappa shape index (κ2) is 5.59. The van der Waals surface area contributed by atoms with Crippen molar-refractivity contribution in [2.75, 3.05) is 7.11 Å². The molecule has 2 nitrogen and oxygen atoms in total. The molecule has 0 aliphatic carbocycles. The van der Waals surface area contributed by atoms with E-state index in [9.17, 15) is 13.9 Å². The van der Waals surface area contributed by atoms with Crippen LogP contribution in [0.2, 0.25) is 0 Å². The number of ether oxygens (including phenoxy) is 1. The molecule has 0 heterocycles. The standard InChI is InChI=1S/C16H16F2O2/c1-3-16(19,12-6-4-5-7-14(12)18)13-10-11(17)8-9-15(13)20-2/h4-10,19H,3H2,1-2H3.